The van der Waals surface area contributed by atoms with Crippen molar-refractivity contribution in [1.29, 1.82) is 0 Å². The molecule has 0 aliphatic carbocycles. The molecule has 11 heteroatoms. The Morgan fingerprint density at radius 3 is 2.44 bits per heavy atom. The standard InChI is InChI=1S/C23H17Cl3N4O4/c24-15-6-3-7-16(11-15)28-22(32)23(33)30-27-12-14-5-1-2-10-19(14)34-13-20(31)29-18-9-4-8-17(25)21(18)26/h1-12H,13H2,(H,28,32)(H,29,31)(H,30,33)/b27-12-. The van der Waals surface area contributed by atoms with Crippen molar-refractivity contribution in [2.45, 2.75) is 0 Å². The van der Waals surface area contributed by atoms with Crippen LogP contribution in [0.1, 0.15) is 5.56 Å². The second-order valence-corrected chi connectivity index (χ2v) is 7.86. The summed E-state index contributed by atoms with van der Waals surface area (Å²) in [6.07, 6.45) is 1.28. The molecule has 3 aromatic carbocycles. The summed E-state index contributed by atoms with van der Waals surface area (Å²) in [6, 6.07) is 17.9. The van der Waals surface area contributed by atoms with E-state index in [-0.39, 0.29) is 11.6 Å². The Bertz CT molecular complexity index is 1250. The van der Waals surface area contributed by atoms with Crippen molar-refractivity contribution in [2.75, 3.05) is 17.2 Å². The topological polar surface area (TPSA) is 109 Å². The summed E-state index contributed by atoms with van der Waals surface area (Å²) in [7, 11) is 0. The van der Waals surface area contributed by atoms with Gasteiger partial charge in [0.15, 0.2) is 6.61 Å². The number of carbonyl (C=O) groups excluding carboxylic acids is 3. The van der Waals surface area contributed by atoms with E-state index in [1.807, 2.05) is 0 Å². The minimum absolute atomic E-state index is 0.222. The van der Waals surface area contributed by atoms with Crippen molar-refractivity contribution in [3.05, 3.63) is 87.4 Å². The molecule has 0 saturated carbocycles. The van der Waals surface area contributed by atoms with Gasteiger partial charge in [-0.2, -0.15) is 5.10 Å². The predicted octanol–water partition coefficient (Wildman–Crippen LogP) is 4.75. The maximum absolute atomic E-state index is 12.2. The third kappa shape index (κ3) is 7.21. The van der Waals surface area contributed by atoms with E-state index in [1.165, 1.54) is 12.3 Å². The average Bonchev–Trinajstić information content (AvgIpc) is 2.81. The van der Waals surface area contributed by atoms with Crippen molar-refractivity contribution in [3.63, 3.8) is 0 Å². The lowest BCUT2D eigenvalue weighted by molar-refractivity contribution is -0.136. The van der Waals surface area contributed by atoms with Gasteiger partial charge in [-0.3, -0.25) is 14.4 Å². The van der Waals surface area contributed by atoms with E-state index in [0.717, 1.165) is 0 Å². The van der Waals surface area contributed by atoms with E-state index in [2.05, 4.69) is 21.2 Å². The molecule has 3 rings (SSSR count). The van der Waals surface area contributed by atoms with Crippen molar-refractivity contribution in [3.8, 4) is 5.75 Å². The summed E-state index contributed by atoms with van der Waals surface area (Å²) in [6.45, 7) is -0.317. The van der Waals surface area contributed by atoms with Crippen molar-refractivity contribution in [2.24, 2.45) is 5.10 Å². The summed E-state index contributed by atoms with van der Waals surface area (Å²) >= 11 is 17.9. The third-order valence-electron chi connectivity index (χ3n) is 4.16. The maximum atomic E-state index is 12.2. The molecule has 0 saturated heterocycles. The fraction of sp³-hybridized carbons (Fsp3) is 0.0435. The Kier molecular flexibility index (Phi) is 8.86. The summed E-state index contributed by atoms with van der Waals surface area (Å²) in [4.78, 5) is 36.2. The number of carbonyl (C=O) groups is 3. The van der Waals surface area contributed by atoms with Crippen molar-refractivity contribution >= 4 is 70.1 Å². The normalized spacial score (nSPS) is 10.6. The monoisotopic (exact) mass is 518 g/mol. The molecule has 0 fully saturated rings. The van der Waals surface area contributed by atoms with Gasteiger partial charge in [0.05, 0.1) is 21.9 Å². The molecule has 0 spiro atoms. The smallest absolute Gasteiger partial charge is 0.329 e. The van der Waals surface area contributed by atoms with Crippen molar-refractivity contribution < 1.29 is 19.1 Å². The fourth-order valence-electron chi connectivity index (χ4n) is 2.61. The van der Waals surface area contributed by atoms with E-state index in [9.17, 15) is 14.4 Å². The number of rotatable bonds is 7. The van der Waals surface area contributed by atoms with Crippen LogP contribution in [0.5, 0.6) is 5.75 Å². The van der Waals surface area contributed by atoms with Crippen LogP contribution in [0, 0.1) is 0 Å². The highest BCUT2D eigenvalue weighted by atomic mass is 35.5. The van der Waals surface area contributed by atoms with Crippen LogP contribution in [-0.2, 0) is 14.4 Å². The first-order chi connectivity index (χ1) is 16.3. The minimum Gasteiger partial charge on any atom is -0.483 e. The number of anilines is 2. The second-order valence-electron chi connectivity index (χ2n) is 6.64. The molecule has 8 nitrogen and oxygen atoms in total. The van der Waals surface area contributed by atoms with Gasteiger partial charge < -0.3 is 15.4 Å². The second kappa shape index (κ2) is 12.0. The van der Waals surface area contributed by atoms with Crippen LogP contribution in [0.2, 0.25) is 15.1 Å². The summed E-state index contributed by atoms with van der Waals surface area (Å²) in [5.74, 6) is -2.02. The quantitative estimate of drug-likeness (QED) is 0.238. The molecular formula is C23H17Cl3N4O4. The molecule has 0 heterocycles. The van der Waals surface area contributed by atoms with Crippen LogP contribution in [0.3, 0.4) is 0 Å². The molecule has 3 N–H and O–H groups in total. The van der Waals surface area contributed by atoms with Gasteiger partial charge in [-0.25, -0.2) is 5.43 Å². The molecule has 0 aromatic heterocycles. The number of hydrogen-bond donors (Lipinski definition) is 3. The third-order valence-corrected chi connectivity index (χ3v) is 5.22. The van der Waals surface area contributed by atoms with Crippen LogP contribution in [0.4, 0.5) is 11.4 Å². The SMILES string of the molecule is O=C(COc1ccccc1/C=N\NC(=O)C(=O)Nc1cccc(Cl)c1)Nc1cccc(Cl)c1Cl. The lowest BCUT2D eigenvalue weighted by Crippen LogP contribution is -2.32. The number of nitrogens with zero attached hydrogens (tertiary/aromatic N) is 1. The van der Waals surface area contributed by atoms with E-state index in [1.54, 1.807) is 60.7 Å². The average molecular weight is 520 g/mol. The molecule has 0 unspecified atom stereocenters. The lowest BCUT2D eigenvalue weighted by atomic mass is 10.2. The first kappa shape index (κ1) is 25.0. The largest absolute Gasteiger partial charge is 0.483 e. The van der Waals surface area contributed by atoms with Crippen LogP contribution >= 0.6 is 34.8 Å². The van der Waals surface area contributed by atoms with E-state index < -0.39 is 17.7 Å². The zero-order valence-electron chi connectivity index (χ0n) is 17.3. The van der Waals surface area contributed by atoms with Gasteiger partial charge >= 0.3 is 11.8 Å². The number of halogens is 3. The molecule has 0 atom stereocenters. The summed E-state index contributed by atoms with van der Waals surface area (Å²) in [5.41, 5.74) is 3.32. The highest BCUT2D eigenvalue weighted by molar-refractivity contribution is 6.44. The minimum atomic E-state index is -0.979. The van der Waals surface area contributed by atoms with Crippen molar-refractivity contribution in [1.82, 2.24) is 5.43 Å². The van der Waals surface area contributed by atoms with E-state index in [0.29, 0.717) is 32.7 Å². The highest BCUT2D eigenvalue weighted by Gasteiger charge is 2.13. The first-order valence-electron chi connectivity index (χ1n) is 9.69. The Labute approximate surface area is 209 Å². The molecular weight excluding hydrogens is 503 g/mol. The van der Waals surface area contributed by atoms with Gasteiger partial charge in [-0.1, -0.05) is 59.1 Å². The van der Waals surface area contributed by atoms with Gasteiger partial charge in [0.2, 0.25) is 0 Å². The van der Waals surface area contributed by atoms with Crippen LogP contribution < -0.4 is 20.8 Å². The van der Waals surface area contributed by atoms with E-state index in [4.69, 9.17) is 39.5 Å². The molecule has 0 aliphatic heterocycles. The van der Waals surface area contributed by atoms with Gasteiger partial charge in [0.1, 0.15) is 5.75 Å². The number of nitrogens with one attached hydrogen (secondary N) is 3. The zero-order valence-corrected chi connectivity index (χ0v) is 19.6. The molecule has 34 heavy (non-hydrogen) atoms. The predicted molar refractivity (Wildman–Crippen MR) is 133 cm³/mol. The van der Waals surface area contributed by atoms with E-state index >= 15 is 0 Å². The summed E-state index contributed by atoms with van der Waals surface area (Å²) in [5, 5.41) is 9.74. The zero-order chi connectivity index (χ0) is 24.5. The number of para-hydroxylation sites is 1. The van der Waals surface area contributed by atoms with Crippen LogP contribution in [-0.4, -0.2) is 30.5 Å². The maximum Gasteiger partial charge on any atom is 0.329 e. The lowest BCUT2D eigenvalue weighted by Gasteiger charge is -2.11. The molecule has 3 aromatic rings. The van der Waals surface area contributed by atoms with Gasteiger partial charge in [0.25, 0.3) is 5.91 Å². The molecule has 0 radical (unpaired) electrons. The Hall–Kier alpha value is -3.59. The highest BCUT2D eigenvalue weighted by Crippen LogP contribution is 2.29. The van der Waals surface area contributed by atoms with Gasteiger partial charge in [-0.05, 0) is 42.5 Å². The Morgan fingerprint density at radius 1 is 0.882 bits per heavy atom. The molecule has 174 valence electrons. The Morgan fingerprint density at radius 2 is 1.65 bits per heavy atom. The van der Waals surface area contributed by atoms with Gasteiger partial charge in [0, 0.05) is 16.3 Å². The first-order valence-corrected chi connectivity index (χ1v) is 10.8. The number of hydrogen-bond acceptors (Lipinski definition) is 5. The molecule has 0 aliphatic rings. The molecule has 3 amide bonds. The van der Waals surface area contributed by atoms with Gasteiger partial charge in [-0.15, -0.1) is 0 Å². The summed E-state index contributed by atoms with van der Waals surface area (Å²) < 4.78 is 5.55. The number of hydrazone groups is 1. The Balaban J connectivity index is 1.55. The number of ether oxygens (including phenoxy) is 1. The molecule has 0 bridgehead atoms. The number of amides is 3. The van der Waals surface area contributed by atoms with Crippen LogP contribution in [0.25, 0.3) is 0 Å². The number of benzene rings is 3. The van der Waals surface area contributed by atoms with Crippen LogP contribution in [0.15, 0.2) is 71.8 Å². The fourth-order valence-corrected chi connectivity index (χ4v) is 3.15.